The quantitative estimate of drug-likeness (QED) is 0.639. The molecular weight excluding hydrogens is 329 g/mol. The fourth-order valence-electron chi connectivity index (χ4n) is 2.61. The van der Waals surface area contributed by atoms with Gasteiger partial charge in [-0.1, -0.05) is 47.9 Å². The monoisotopic (exact) mass is 349 g/mol. The first-order chi connectivity index (χ1) is 12.2. The lowest BCUT2D eigenvalue weighted by molar-refractivity contribution is -0.118. The molecule has 1 heterocycles. The number of hydrogen-bond donors (Lipinski definition) is 2. The van der Waals surface area contributed by atoms with Crippen LogP contribution in [0.1, 0.15) is 11.3 Å². The molecule has 25 heavy (non-hydrogen) atoms. The van der Waals surface area contributed by atoms with E-state index >= 15 is 0 Å². The van der Waals surface area contributed by atoms with Gasteiger partial charge in [0.05, 0.1) is 17.2 Å². The van der Waals surface area contributed by atoms with Gasteiger partial charge in [0.1, 0.15) is 7.85 Å². The molecule has 0 unspecified atom stereocenters. The van der Waals surface area contributed by atoms with E-state index in [0.29, 0.717) is 13.0 Å². The molecule has 1 atom stereocenters. The van der Waals surface area contributed by atoms with Crippen LogP contribution in [0.2, 0.25) is 0 Å². The normalized spacial score (nSPS) is 11.8. The second-order valence-corrected chi connectivity index (χ2v) is 6.68. The van der Waals surface area contributed by atoms with Gasteiger partial charge >= 0.3 is 0 Å². The van der Waals surface area contributed by atoms with Crippen LogP contribution in [0.4, 0.5) is 5.69 Å². The summed E-state index contributed by atoms with van der Waals surface area (Å²) >= 11 is 1.56. The minimum Gasteiger partial charge on any atom is -0.325 e. The maximum absolute atomic E-state index is 12.8. The molecule has 0 saturated heterocycles. The topological polar surface area (TPSA) is 54.0 Å². The number of benzene rings is 2. The highest BCUT2D eigenvalue weighted by atomic mass is 32.1. The summed E-state index contributed by atoms with van der Waals surface area (Å²) in [6.45, 7) is 0.572. The first-order valence-electron chi connectivity index (χ1n) is 8.22. The third kappa shape index (κ3) is 5.27. The van der Waals surface area contributed by atoms with Crippen molar-refractivity contribution in [1.29, 1.82) is 0 Å². The average molecular weight is 349 g/mol. The van der Waals surface area contributed by atoms with E-state index in [1.807, 2.05) is 67.8 Å². The van der Waals surface area contributed by atoms with E-state index in [1.165, 1.54) is 0 Å². The molecule has 1 amide bonds. The Bertz CT molecular complexity index is 809. The Morgan fingerprint density at radius 3 is 2.72 bits per heavy atom. The van der Waals surface area contributed by atoms with Crippen LogP contribution in [0.3, 0.4) is 0 Å². The average Bonchev–Trinajstić information content (AvgIpc) is 3.13. The summed E-state index contributed by atoms with van der Waals surface area (Å²) in [5.74, 6) is -0.0373. The molecule has 0 fully saturated rings. The van der Waals surface area contributed by atoms with E-state index in [4.69, 9.17) is 0 Å². The van der Waals surface area contributed by atoms with Crippen molar-refractivity contribution >= 4 is 36.2 Å². The maximum atomic E-state index is 12.8. The molecule has 0 aliphatic carbocycles. The molecule has 3 aromatic rings. The first kappa shape index (κ1) is 17.4. The van der Waals surface area contributed by atoms with Crippen molar-refractivity contribution in [2.24, 2.45) is 0 Å². The van der Waals surface area contributed by atoms with Crippen LogP contribution in [-0.2, 0) is 17.8 Å². The number of aromatic nitrogens is 1. The highest BCUT2D eigenvalue weighted by molar-refractivity contribution is 7.07. The summed E-state index contributed by atoms with van der Waals surface area (Å²) in [5, 5.41) is 8.34. The Hall–Kier alpha value is -2.44. The van der Waals surface area contributed by atoms with Crippen LogP contribution in [0.25, 0.3) is 0 Å². The summed E-state index contributed by atoms with van der Waals surface area (Å²) in [4.78, 5) is 17.1. The zero-order valence-corrected chi connectivity index (χ0v) is 14.9. The Kier molecular flexibility index (Phi) is 5.98. The van der Waals surface area contributed by atoms with Crippen molar-refractivity contribution in [2.45, 2.75) is 19.0 Å². The van der Waals surface area contributed by atoms with E-state index in [0.717, 1.165) is 22.4 Å². The molecule has 4 nitrogen and oxygen atoms in total. The van der Waals surface area contributed by atoms with Gasteiger partial charge in [-0.25, -0.2) is 4.98 Å². The second kappa shape index (κ2) is 8.60. The first-order valence-corrected chi connectivity index (χ1v) is 9.17. The predicted octanol–water partition coefficient (Wildman–Crippen LogP) is 1.74. The Labute approximate surface area is 152 Å². The largest absolute Gasteiger partial charge is 0.325 e. The molecule has 0 radical (unpaired) electrons. The molecule has 3 rings (SSSR count). The summed E-state index contributed by atoms with van der Waals surface area (Å²) in [6.07, 6.45) is 0.628. The number of carbonyl (C=O) groups is 1. The molecule has 0 saturated carbocycles. The molecule has 0 aliphatic rings. The lowest BCUT2D eigenvalue weighted by Gasteiger charge is -2.18. The van der Waals surface area contributed by atoms with Crippen molar-refractivity contribution in [2.75, 3.05) is 5.32 Å². The van der Waals surface area contributed by atoms with Gasteiger partial charge in [-0.15, -0.1) is 11.3 Å². The standard InChI is InChI=1S/C19H20BN3OS/c20-15-7-4-8-16(10-15)23-19(24)18(9-14-5-2-1-3-6-14)21-11-17-12-25-13-22-17/h1-8,10,12-13,18,21H,9,11,20H2,(H,23,24)/t18-/m0/s1. The van der Waals surface area contributed by atoms with Gasteiger partial charge < -0.3 is 5.32 Å². The van der Waals surface area contributed by atoms with Crippen LogP contribution in [0.15, 0.2) is 65.5 Å². The van der Waals surface area contributed by atoms with Crippen molar-refractivity contribution in [3.8, 4) is 0 Å². The van der Waals surface area contributed by atoms with Crippen LogP contribution in [0, 0.1) is 0 Å². The van der Waals surface area contributed by atoms with Crippen molar-refractivity contribution in [3.63, 3.8) is 0 Å². The van der Waals surface area contributed by atoms with E-state index in [-0.39, 0.29) is 11.9 Å². The second-order valence-electron chi connectivity index (χ2n) is 5.96. The molecule has 0 bridgehead atoms. The van der Waals surface area contributed by atoms with Crippen molar-refractivity contribution in [1.82, 2.24) is 10.3 Å². The predicted molar refractivity (Wildman–Crippen MR) is 106 cm³/mol. The third-order valence-corrected chi connectivity index (χ3v) is 4.53. The lowest BCUT2D eigenvalue weighted by atomic mass is 9.96. The van der Waals surface area contributed by atoms with Crippen LogP contribution in [-0.4, -0.2) is 24.8 Å². The number of nitrogens with one attached hydrogen (secondary N) is 2. The summed E-state index contributed by atoms with van der Waals surface area (Å²) in [5.41, 5.74) is 5.81. The van der Waals surface area contributed by atoms with E-state index in [1.54, 1.807) is 16.8 Å². The number of hydrogen-bond acceptors (Lipinski definition) is 4. The minimum absolute atomic E-state index is 0.0373. The van der Waals surface area contributed by atoms with Gasteiger partial charge in [0, 0.05) is 17.6 Å². The summed E-state index contributed by atoms with van der Waals surface area (Å²) < 4.78 is 0. The maximum Gasteiger partial charge on any atom is 0.241 e. The van der Waals surface area contributed by atoms with Gasteiger partial charge in [-0.05, 0) is 24.1 Å². The van der Waals surface area contributed by atoms with Gasteiger partial charge in [0.25, 0.3) is 0 Å². The number of nitrogens with zero attached hydrogens (tertiary/aromatic N) is 1. The van der Waals surface area contributed by atoms with Gasteiger partial charge in [-0.2, -0.15) is 0 Å². The minimum atomic E-state index is -0.329. The van der Waals surface area contributed by atoms with Crippen LogP contribution >= 0.6 is 11.3 Å². The molecule has 0 aliphatic heterocycles. The Morgan fingerprint density at radius 1 is 1.16 bits per heavy atom. The molecule has 1 aromatic heterocycles. The van der Waals surface area contributed by atoms with Gasteiger partial charge in [0.15, 0.2) is 0 Å². The van der Waals surface area contributed by atoms with E-state index in [2.05, 4.69) is 15.6 Å². The van der Waals surface area contributed by atoms with Crippen LogP contribution in [0.5, 0.6) is 0 Å². The molecule has 2 aromatic carbocycles. The lowest BCUT2D eigenvalue weighted by Crippen LogP contribution is -2.42. The number of rotatable bonds is 7. The number of anilines is 1. The third-order valence-electron chi connectivity index (χ3n) is 3.90. The SMILES string of the molecule is Bc1cccc(NC(=O)[C@H](Cc2ccccc2)NCc2cscn2)c1. The summed E-state index contributed by atoms with van der Waals surface area (Å²) in [6, 6.07) is 17.5. The smallest absolute Gasteiger partial charge is 0.241 e. The van der Waals surface area contributed by atoms with Crippen LogP contribution < -0.4 is 16.1 Å². The van der Waals surface area contributed by atoms with E-state index < -0.39 is 0 Å². The Morgan fingerprint density at radius 2 is 2.00 bits per heavy atom. The highest BCUT2D eigenvalue weighted by Crippen LogP contribution is 2.09. The molecule has 126 valence electrons. The number of thiazole rings is 1. The molecular formula is C19H20BN3OS. The number of amides is 1. The summed E-state index contributed by atoms with van der Waals surface area (Å²) in [7, 11) is 2.01. The zero-order valence-electron chi connectivity index (χ0n) is 14.1. The van der Waals surface area contributed by atoms with Crippen molar-refractivity contribution in [3.05, 3.63) is 76.7 Å². The molecule has 0 spiro atoms. The highest BCUT2D eigenvalue weighted by Gasteiger charge is 2.19. The zero-order chi connectivity index (χ0) is 17.5. The fourth-order valence-corrected chi connectivity index (χ4v) is 3.17. The van der Waals surface area contributed by atoms with Gasteiger partial charge in [0.2, 0.25) is 5.91 Å². The Balaban J connectivity index is 1.70. The van der Waals surface area contributed by atoms with Crippen molar-refractivity contribution < 1.29 is 4.79 Å². The number of carbonyl (C=O) groups excluding carboxylic acids is 1. The van der Waals surface area contributed by atoms with E-state index in [9.17, 15) is 4.79 Å². The fraction of sp³-hybridized carbons (Fsp3) is 0.158. The molecule has 6 heteroatoms. The molecule has 2 N–H and O–H groups in total. The van der Waals surface area contributed by atoms with Gasteiger partial charge in [-0.3, -0.25) is 10.1 Å².